The van der Waals surface area contributed by atoms with E-state index in [-0.39, 0.29) is 36.1 Å². The van der Waals surface area contributed by atoms with Crippen LogP contribution in [0.25, 0.3) is 22.8 Å². The number of alkyl carbamates (subject to hydrolysis) is 1. The zero-order valence-corrected chi connectivity index (χ0v) is 18.7. The Balaban J connectivity index is 1.67. The lowest BCUT2D eigenvalue weighted by Crippen LogP contribution is -2.31. The number of nitrogens with zero attached hydrogens (tertiary/aromatic N) is 2. The van der Waals surface area contributed by atoms with E-state index in [2.05, 4.69) is 10.1 Å². The van der Waals surface area contributed by atoms with Gasteiger partial charge in [-0.3, -0.25) is 14.7 Å². The van der Waals surface area contributed by atoms with Gasteiger partial charge in [-0.25, -0.2) is 9.18 Å². The molecule has 2 aromatic carbocycles. The Morgan fingerprint density at radius 2 is 1.82 bits per heavy atom. The molecule has 0 radical (unpaired) electrons. The van der Waals surface area contributed by atoms with Crippen molar-refractivity contribution in [2.75, 3.05) is 19.6 Å². The number of ether oxygens (including phenoxy) is 1. The van der Waals surface area contributed by atoms with Crippen LogP contribution in [0.3, 0.4) is 0 Å². The second kappa shape index (κ2) is 11.0. The van der Waals surface area contributed by atoms with Gasteiger partial charge < -0.3 is 18.3 Å². The highest BCUT2D eigenvalue weighted by atomic mass is 31.2. The lowest BCUT2D eigenvalue weighted by atomic mass is 10.1. The van der Waals surface area contributed by atoms with E-state index in [1.807, 2.05) is 5.32 Å². The topological polar surface area (TPSA) is 130 Å². The highest BCUT2D eigenvalue weighted by Crippen LogP contribution is 2.47. The number of halogens is 1. The largest absolute Gasteiger partial charge is 0.436 e. The van der Waals surface area contributed by atoms with Crippen molar-refractivity contribution in [3.05, 3.63) is 59.9 Å². The molecule has 10 nitrogen and oxygen atoms in total. The molecular weight excluding hydrogens is 456 g/mol. The summed E-state index contributed by atoms with van der Waals surface area (Å²) in [4.78, 5) is 28.6. The van der Waals surface area contributed by atoms with Crippen molar-refractivity contribution in [1.29, 1.82) is 0 Å². The van der Waals surface area contributed by atoms with Crippen LogP contribution in [0.5, 0.6) is 0 Å². The SMILES string of the molecule is CCOP(=O)(COC(=O)NC(=O)c1cccc(-c2noc(-c3ccccc3F)n2)c1)OCC. The standard InChI is InChI=1S/C21H21FN3O7P/c1-3-30-33(28,31-4-2)13-29-21(27)24-19(26)15-9-7-8-14(12-15)18-23-20(32-25-18)16-10-5-6-11-17(16)22/h5-12H,3-4,13H2,1-2H3,(H,24,26,27). The molecule has 3 aromatic rings. The molecule has 0 saturated heterocycles. The zero-order valence-electron chi connectivity index (χ0n) is 17.8. The van der Waals surface area contributed by atoms with E-state index < -0.39 is 31.8 Å². The summed E-state index contributed by atoms with van der Waals surface area (Å²) < 4.78 is 46.2. The number of hydrogen-bond donors (Lipinski definition) is 1. The number of amides is 2. The van der Waals surface area contributed by atoms with Crippen LogP contribution >= 0.6 is 7.60 Å². The van der Waals surface area contributed by atoms with Crippen LogP contribution in [0.1, 0.15) is 24.2 Å². The second-order valence-corrected chi connectivity index (χ2v) is 8.44. The van der Waals surface area contributed by atoms with Gasteiger partial charge in [0, 0.05) is 11.1 Å². The zero-order chi connectivity index (χ0) is 23.8. The third-order valence-electron chi connectivity index (χ3n) is 4.13. The fourth-order valence-electron chi connectivity index (χ4n) is 2.73. The van der Waals surface area contributed by atoms with E-state index in [0.29, 0.717) is 5.56 Å². The molecule has 0 atom stereocenters. The van der Waals surface area contributed by atoms with Crippen LogP contribution in [0, 0.1) is 5.82 Å². The van der Waals surface area contributed by atoms with Crippen molar-refractivity contribution in [1.82, 2.24) is 15.5 Å². The second-order valence-electron chi connectivity index (χ2n) is 6.45. The number of hydrogen-bond acceptors (Lipinski definition) is 9. The van der Waals surface area contributed by atoms with Crippen LogP contribution < -0.4 is 5.32 Å². The van der Waals surface area contributed by atoms with Crippen LogP contribution in [0.15, 0.2) is 53.1 Å². The predicted octanol–water partition coefficient (Wildman–Crippen LogP) is 4.63. The van der Waals surface area contributed by atoms with Crippen molar-refractivity contribution < 1.29 is 36.9 Å². The summed E-state index contributed by atoms with van der Waals surface area (Å²) in [5.74, 6) is -1.19. The molecule has 0 spiro atoms. The molecule has 12 heteroatoms. The maximum Gasteiger partial charge on any atom is 0.414 e. The molecule has 1 N–H and O–H groups in total. The van der Waals surface area contributed by atoms with E-state index in [0.717, 1.165) is 0 Å². The Kier molecular flexibility index (Phi) is 8.05. The quantitative estimate of drug-likeness (QED) is 0.438. The van der Waals surface area contributed by atoms with Crippen LogP contribution in [0.2, 0.25) is 0 Å². The van der Waals surface area contributed by atoms with Gasteiger partial charge in [-0.05, 0) is 38.1 Å². The number of benzene rings is 2. The lowest BCUT2D eigenvalue weighted by Gasteiger charge is -2.16. The van der Waals surface area contributed by atoms with Crippen molar-refractivity contribution in [3.63, 3.8) is 0 Å². The minimum atomic E-state index is -3.61. The number of carbonyl (C=O) groups excluding carboxylic acids is 2. The molecule has 0 fully saturated rings. The van der Waals surface area contributed by atoms with Gasteiger partial charge in [0.15, 0.2) is 6.35 Å². The molecule has 3 rings (SSSR count). The summed E-state index contributed by atoms with van der Waals surface area (Å²) in [5, 5.41) is 5.85. The Bertz CT molecular complexity index is 1170. The predicted molar refractivity (Wildman–Crippen MR) is 115 cm³/mol. The smallest absolute Gasteiger partial charge is 0.414 e. The molecule has 2 amide bonds. The molecule has 0 saturated carbocycles. The maximum atomic E-state index is 13.9. The fourth-order valence-corrected chi connectivity index (χ4v) is 4.01. The normalized spacial score (nSPS) is 11.2. The number of aromatic nitrogens is 2. The first-order chi connectivity index (χ1) is 15.8. The van der Waals surface area contributed by atoms with E-state index >= 15 is 0 Å². The van der Waals surface area contributed by atoms with Crippen molar-refractivity contribution in [2.45, 2.75) is 13.8 Å². The lowest BCUT2D eigenvalue weighted by molar-refractivity contribution is 0.0921. The van der Waals surface area contributed by atoms with Gasteiger partial charge in [0.1, 0.15) is 5.82 Å². The van der Waals surface area contributed by atoms with Crippen molar-refractivity contribution in [2.24, 2.45) is 0 Å². The third-order valence-corrected chi connectivity index (χ3v) is 5.88. The molecule has 1 heterocycles. The summed E-state index contributed by atoms with van der Waals surface area (Å²) in [6.07, 6.45) is -1.76. The van der Waals surface area contributed by atoms with Crippen molar-refractivity contribution >= 4 is 19.6 Å². The monoisotopic (exact) mass is 477 g/mol. The third kappa shape index (κ3) is 6.32. The van der Waals surface area contributed by atoms with Crippen LogP contribution in [0.4, 0.5) is 9.18 Å². The Morgan fingerprint density at radius 1 is 1.09 bits per heavy atom. The molecule has 0 bridgehead atoms. The first kappa shape index (κ1) is 24.2. The molecule has 174 valence electrons. The number of rotatable bonds is 9. The maximum absolute atomic E-state index is 13.9. The molecular formula is C21H21FN3O7P. The molecule has 0 aliphatic carbocycles. The molecule has 33 heavy (non-hydrogen) atoms. The molecule has 1 aromatic heterocycles. The number of nitrogens with one attached hydrogen (secondary N) is 1. The van der Waals surface area contributed by atoms with Crippen molar-refractivity contribution in [3.8, 4) is 22.8 Å². The van der Waals surface area contributed by atoms with Gasteiger partial charge >= 0.3 is 13.7 Å². The number of imide groups is 1. The van der Waals surface area contributed by atoms with Gasteiger partial charge in [-0.15, -0.1) is 0 Å². The van der Waals surface area contributed by atoms with Gasteiger partial charge in [0.25, 0.3) is 11.8 Å². The fraction of sp³-hybridized carbons (Fsp3) is 0.238. The van der Waals surface area contributed by atoms with Gasteiger partial charge in [0.2, 0.25) is 5.82 Å². The molecule has 0 aliphatic heterocycles. The Hall–Kier alpha value is -3.40. The minimum Gasteiger partial charge on any atom is -0.436 e. The summed E-state index contributed by atoms with van der Waals surface area (Å²) in [5.41, 5.74) is 0.642. The first-order valence-electron chi connectivity index (χ1n) is 9.90. The van der Waals surface area contributed by atoms with Crippen LogP contribution in [-0.2, 0) is 18.3 Å². The highest BCUT2D eigenvalue weighted by Gasteiger charge is 2.26. The average Bonchev–Trinajstić information content (AvgIpc) is 3.29. The Labute approximate surface area is 188 Å². The molecule has 0 aliphatic rings. The highest BCUT2D eigenvalue weighted by molar-refractivity contribution is 7.53. The molecule has 0 unspecified atom stereocenters. The average molecular weight is 477 g/mol. The van der Waals surface area contributed by atoms with Gasteiger partial charge in [-0.1, -0.05) is 29.4 Å². The van der Waals surface area contributed by atoms with E-state index in [1.165, 1.54) is 30.3 Å². The van der Waals surface area contributed by atoms with Gasteiger partial charge in [0.05, 0.1) is 18.8 Å². The first-order valence-corrected chi connectivity index (χ1v) is 11.6. The summed E-state index contributed by atoms with van der Waals surface area (Å²) >= 11 is 0. The van der Waals surface area contributed by atoms with Crippen LogP contribution in [-0.4, -0.2) is 41.7 Å². The van der Waals surface area contributed by atoms with E-state index in [9.17, 15) is 18.5 Å². The summed E-state index contributed by atoms with van der Waals surface area (Å²) in [7, 11) is -3.61. The summed E-state index contributed by atoms with van der Waals surface area (Å²) in [6, 6.07) is 12.0. The van der Waals surface area contributed by atoms with Gasteiger partial charge in [-0.2, -0.15) is 4.98 Å². The minimum absolute atomic E-state index is 0.0189. The number of carbonyl (C=O) groups is 2. The summed E-state index contributed by atoms with van der Waals surface area (Å²) in [6.45, 7) is 3.43. The van der Waals surface area contributed by atoms with E-state index in [4.69, 9.17) is 18.3 Å². The Morgan fingerprint density at radius 3 is 2.52 bits per heavy atom. The van der Waals surface area contributed by atoms with E-state index in [1.54, 1.807) is 32.0 Å².